The molecular weight excluding hydrogens is 566 g/mol. The maximum atomic E-state index is 11.5. The topological polar surface area (TPSA) is 112 Å². The summed E-state index contributed by atoms with van der Waals surface area (Å²) in [6.45, 7) is 10.2. The van der Waals surface area contributed by atoms with E-state index in [-0.39, 0.29) is 0 Å². The molecule has 0 heterocycles. The lowest BCUT2D eigenvalue weighted by Crippen LogP contribution is -2.52. The summed E-state index contributed by atoms with van der Waals surface area (Å²) in [6.07, 6.45) is 30.7. The van der Waals surface area contributed by atoms with Gasteiger partial charge >= 0.3 is 17.9 Å². The molecule has 0 radical (unpaired) electrons. The number of unbranched alkanes of at least 4 members (excludes halogenated alkanes) is 17. The summed E-state index contributed by atoms with van der Waals surface area (Å²) in [4.78, 5) is 34.6. The molecule has 264 valence electrons. The van der Waals surface area contributed by atoms with Gasteiger partial charge in [-0.2, -0.15) is 0 Å². The van der Waals surface area contributed by atoms with E-state index in [4.69, 9.17) is 0 Å². The molecule has 0 spiro atoms. The molecule has 7 nitrogen and oxygen atoms in total. The first-order valence-electron chi connectivity index (χ1n) is 18.7. The fraction of sp³-hybridized carbons (Fsp3) is 0.868. The molecule has 0 aromatic carbocycles. The van der Waals surface area contributed by atoms with Crippen LogP contribution < -0.4 is 0 Å². The second-order valence-electron chi connectivity index (χ2n) is 14.0. The van der Waals surface area contributed by atoms with Crippen molar-refractivity contribution in [3.8, 4) is 0 Å². The van der Waals surface area contributed by atoms with Crippen LogP contribution in [-0.4, -0.2) is 63.9 Å². The zero-order valence-electron chi connectivity index (χ0n) is 29.8. The highest BCUT2D eigenvalue weighted by Gasteiger charge is 2.31. The van der Waals surface area contributed by atoms with Crippen LogP contribution in [0.2, 0.25) is 0 Å². The van der Waals surface area contributed by atoms with Crippen molar-refractivity contribution in [3.63, 3.8) is 0 Å². The minimum Gasteiger partial charge on any atom is -0.481 e. The van der Waals surface area contributed by atoms with Crippen molar-refractivity contribution in [1.82, 2.24) is 0 Å². The molecule has 0 aromatic rings. The zero-order chi connectivity index (χ0) is 33.8. The Bertz CT molecular complexity index is 722. The number of carboxylic acids is 3. The summed E-state index contributed by atoms with van der Waals surface area (Å²) in [7, 11) is 0. The average molecular weight is 639 g/mol. The molecule has 0 aliphatic heterocycles. The van der Waals surface area contributed by atoms with Gasteiger partial charge in [0.05, 0.1) is 43.9 Å². The van der Waals surface area contributed by atoms with E-state index in [1.165, 1.54) is 109 Å². The van der Waals surface area contributed by atoms with Crippen molar-refractivity contribution >= 4 is 17.9 Å². The monoisotopic (exact) mass is 639 g/mol. The van der Waals surface area contributed by atoms with Crippen molar-refractivity contribution < 1.29 is 34.2 Å². The van der Waals surface area contributed by atoms with E-state index >= 15 is 0 Å². The van der Waals surface area contributed by atoms with E-state index in [0.717, 1.165) is 19.4 Å². The van der Waals surface area contributed by atoms with E-state index in [9.17, 15) is 29.7 Å². The molecule has 0 aromatic heterocycles. The van der Waals surface area contributed by atoms with Gasteiger partial charge in [-0.25, -0.2) is 0 Å². The van der Waals surface area contributed by atoms with Gasteiger partial charge in [-0.15, -0.1) is 0 Å². The van der Waals surface area contributed by atoms with Crippen LogP contribution in [0.25, 0.3) is 0 Å². The minimum absolute atomic E-state index is 0.478. The van der Waals surface area contributed by atoms with Crippen molar-refractivity contribution in [2.24, 2.45) is 17.8 Å². The predicted molar refractivity (Wildman–Crippen MR) is 187 cm³/mol. The highest BCUT2D eigenvalue weighted by Crippen LogP contribution is 2.22. The molecule has 45 heavy (non-hydrogen) atoms. The first-order chi connectivity index (χ1) is 21.5. The summed E-state index contributed by atoms with van der Waals surface area (Å²) >= 11 is 0. The molecule has 0 rings (SSSR count). The van der Waals surface area contributed by atoms with Crippen LogP contribution in [0.15, 0.2) is 12.2 Å². The maximum Gasteiger partial charge on any atom is 0.306 e. The Balaban J connectivity index is 4.31. The lowest BCUT2D eigenvalue weighted by atomic mass is 10.0. The van der Waals surface area contributed by atoms with Crippen LogP contribution in [0.5, 0.6) is 0 Å². The van der Waals surface area contributed by atoms with Crippen molar-refractivity contribution in [2.45, 2.75) is 169 Å². The van der Waals surface area contributed by atoms with Crippen LogP contribution in [0, 0.1) is 17.8 Å². The normalized spacial score (nSPS) is 15.1. The van der Waals surface area contributed by atoms with Gasteiger partial charge < -0.3 is 19.8 Å². The van der Waals surface area contributed by atoms with Crippen molar-refractivity contribution in [2.75, 3.05) is 26.2 Å². The number of hydrogen-bond acceptors (Lipinski definition) is 3. The van der Waals surface area contributed by atoms with Crippen molar-refractivity contribution in [1.29, 1.82) is 0 Å². The molecule has 0 amide bonds. The highest BCUT2D eigenvalue weighted by atomic mass is 16.4. The van der Waals surface area contributed by atoms with Gasteiger partial charge in [0.15, 0.2) is 0 Å². The number of allylic oxidation sites excluding steroid dienone is 2. The zero-order valence-corrected chi connectivity index (χ0v) is 29.8. The molecule has 0 aliphatic rings. The Kier molecular flexibility index (Phi) is 27.2. The van der Waals surface area contributed by atoms with E-state index in [2.05, 4.69) is 19.1 Å². The number of carbonyl (C=O) groups is 3. The predicted octanol–water partition coefficient (Wildman–Crippen LogP) is 10.1. The lowest BCUT2D eigenvalue weighted by molar-refractivity contribution is -0.929. The number of hydrogen-bond donors (Lipinski definition) is 3. The third kappa shape index (κ3) is 24.9. The van der Waals surface area contributed by atoms with E-state index in [0.29, 0.717) is 43.4 Å². The Morgan fingerprint density at radius 3 is 1.07 bits per heavy atom. The van der Waals surface area contributed by atoms with Crippen LogP contribution >= 0.6 is 0 Å². The Labute approximate surface area is 276 Å². The van der Waals surface area contributed by atoms with Crippen LogP contribution in [0.1, 0.15) is 169 Å². The molecule has 0 saturated heterocycles. The molecule has 3 atom stereocenters. The number of rotatable bonds is 33. The largest absolute Gasteiger partial charge is 0.481 e. The second kappa shape index (κ2) is 28.3. The average Bonchev–Trinajstić information content (AvgIpc) is 3.01. The standard InChI is InChI=1S/C38H71NO6/c1-5-6-7-8-9-10-11-12-13-14-15-16-17-18-19-20-21-22-23-24-25-29-39(30-26-33(2)36(40)41,31-27-34(3)37(42)43)32-28-35(4)38(44)45/h7-8,33-35H,5-6,9-32H2,1-4H3,(H2-,40,41,42,43,44,45)/p+1/b8-7+. The van der Waals surface area contributed by atoms with E-state index < -0.39 is 35.7 Å². The third-order valence-corrected chi connectivity index (χ3v) is 9.75. The maximum absolute atomic E-state index is 11.5. The Morgan fingerprint density at radius 1 is 0.467 bits per heavy atom. The summed E-state index contributed by atoms with van der Waals surface area (Å²) in [5, 5.41) is 28.4. The number of quaternary nitrogens is 1. The third-order valence-electron chi connectivity index (χ3n) is 9.75. The van der Waals surface area contributed by atoms with Gasteiger partial charge in [-0.3, -0.25) is 14.4 Å². The quantitative estimate of drug-likeness (QED) is 0.0375. The SMILES string of the molecule is CCC/C=C/CCCCCCCCCCCCCCCCCC[N+](CCC(C)C(=O)O)(CCC(C)C(=O)O)CCC(C)C(=O)O. The van der Waals surface area contributed by atoms with Crippen LogP contribution in [0.3, 0.4) is 0 Å². The molecule has 0 bridgehead atoms. The van der Waals surface area contributed by atoms with E-state index in [1.807, 2.05) is 0 Å². The van der Waals surface area contributed by atoms with Crippen LogP contribution in [-0.2, 0) is 14.4 Å². The van der Waals surface area contributed by atoms with Gasteiger partial charge in [-0.1, -0.05) is 130 Å². The second-order valence-corrected chi connectivity index (χ2v) is 14.0. The first-order valence-corrected chi connectivity index (χ1v) is 18.7. The van der Waals surface area contributed by atoms with Gasteiger partial charge in [0.25, 0.3) is 0 Å². The Hall–Kier alpha value is -1.89. The number of aliphatic carboxylic acids is 3. The first kappa shape index (κ1) is 43.1. The molecule has 0 saturated carbocycles. The fourth-order valence-electron chi connectivity index (χ4n) is 6.03. The summed E-state index contributed by atoms with van der Waals surface area (Å²) < 4.78 is 0.615. The molecule has 3 unspecified atom stereocenters. The molecule has 7 heteroatoms. The van der Waals surface area contributed by atoms with Gasteiger partial charge in [0.2, 0.25) is 0 Å². The fourth-order valence-corrected chi connectivity index (χ4v) is 6.03. The lowest BCUT2D eigenvalue weighted by Gasteiger charge is -2.40. The summed E-state index contributed by atoms with van der Waals surface area (Å²) in [5.74, 6) is -3.90. The smallest absolute Gasteiger partial charge is 0.306 e. The summed E-state index contributed by atoms with van der Waals surface area (Å²) in [6, 6.07) is 0. The van der Waals surface area contributed by atoms with Crippen molar-refractivity contribution in [3.05, 3.63) is 12.2 Å². The van der Waals surface area contributed by atoms with Gasteiger partial charge in [0.1, 0.15) is 0 Å². The van der Waals surface area contributed by atoms with Gasteiger partial charge in [-0.05, 0) is 32.1 Å². The number of carboxylic acid groups (broad SMARTS) is 3. The minimum atomic E-state index is -0.821. The molecule has 0 fully saturated rings. The molecule has 3 N–H and O–H groups in total. The van der Waals surface area contributed by atoms with E-state index in [1.54, 1.807) is 20.8 Å². The number of nitrogens with zero attached hydrogens (tertiary/aromatic N) is 1. The molecule has 0 aliphatic carbocycles. The Morgan fingerprint density at radius 2 is 0.756 bits per heavy atom. The van der Waals surface area contributed by atoms with Gasteiger partial charge in [0, 0.05) is 19.3 Å². The highest BCUT2D eigenvalue weighted by molar-refractivity contribution is 5.70. The molecular formula is C38H72NO6+. The van der Waals surface area contributed by atoms with Crippen LogP contribution in [0.4, 0.5) is 0 Å². The summed E-state index contributed by atoms with van der Waals surface area (Å²) in [5.41, 5.74) is 0.